The van der Waals surface area contributed by atoms with Crippen LogP contribution in [0.25, 0.3) is 0 Å². The monoisotopic (exact) mass is 163 g/mol. The molecule has 1 nitrogen and oxygen atoms in total. The van der Waals surface area contributed by atoms with Gasteiger partial charge in [0.05, 0.1) is 4.95 Å². The number of rotatable bonds is 0. The van der Waals surface area contributed by atoms with Crippen LogP contribution in [-0.2, 0) is 0 Å². The average Bonchev–Trinajstić information content (AvgIpc) is 1.69. The van der Waals surface area contributed by atoms with Gasteiger partial charge in [-0.25, -0.2) is 0 Å². The van der Waals surface area contributed by atoms with Crippen LogP contribution in [0, 0.1) is 0 Å². The van der Waals surface area contributed by atoms with Crippen molar-refractivity contribution in [1.82, 2.24) is 5.32 Å². The van der Waals surface area contributed by atoms with E-state index in [1.807, 2.05) is 0 Å². The summed E-state index contributed by atoms with van der Waals surface area (Å²) < 4.78 is 0. The molecule has 7 heavy (non-hydrogen) atoms. The topological polar surface area (TPSA) is 12.0 Å². The van der Waals surface area contributed by atoms with Gasteiger partial charge < -0.3 is 5.32 Å². The number of alkyl halides is 1. The Hall–Kier alpha value is 0.440. The molecule has 0 aliphatic carbocycles. The lowest BCUT2D eigenvalue weighted by molar-refractivity contribution is 0.498. The number of nitrogens with one attached hydrogen (secondary N) is 1. The molecule has 0 saturated carbocycles. The van der Waals surface area contributed by atoms with Gasteiger partial charge in [0.2, 0.25) is 0 Å². The summed E-state index contributed by atoms with van der Waals surface area (Å²) in [6.07, 6.45) is 4.02. The molecule has 0 aromatic heterocycles. The molecule has 1 unspecified atom stereocenters. The molecule has 0 spiro atoms. The minimum absolute atomic E-state index is 0.598. The number of hydrogen-bond donors (Lipinski definition) is 1. The smallest absolute Gasteiger partial charge is 0.0630 e. The van der Waals surface area contributed by atoms with E-state index in [0.717, 1.165) is 0 Å². The van der Waals surface area contributed by atoms with Crippen LogP contribution in [0.2, 0.25) is 0 Å². The molecule has 0 radical (unpaired) electrons. The van der Waals surface area contributed by atoms with E-state index >= 15 is 0 Å². The van der Waals surface area contributed by atoms with E-state index in [1.165, 1.54) is 25.8 Å². The van der Waals surface area contributed by atoms with Crippen LogP contribution in [0.3, 0.4) is 0 Å². The zero-order valence-electron chi connectivity index (χ0n) is 4.28. The van der Waals surface area contributed by atoms with Crippen LogP contribution in [0.1, 0.15) is 19.3 Å². The number of piperidine rings is 1. The summed E-state index contributed by atoms with van der Waals surface area (Å²) in [5.41, 5.74) is 0. The third kappa shape index (κ3) is 1.78. The summed E-state index contributed by atoms with van der Waals surface area (Å²) in [6, 6.07) is 0. The third-order valence-electron chi connectivity index (χ3n) is 1.25. The van der Waals surface area contributed by atoms with Gasteiger partial charge in [0, 0.05) is 0 Å². The molecule has 1 saturated heterocycles. The summed E-state index contributed by atoms with van der Waals surface area (Å²) in [6.45, 7) is 1.19. The molecule has 0 bridgehead atoms. The Morgan fingerprint density at radius 1 is 1.43 bits per heavy atom. The first-order valence-corrected chi connectivity index (χ1v) is 3.68. The first-order chi connectivity index (χ1) is 3.39. The Morgan fingerprint density at radius 3 is 2.57 bits per heavy atom. The Kier molecular flexibility index (Phi) is 2.13. The van der Waals surface area contributed by atoms with Gasteiger partial charge in [-0.1, -0.05) is 15.9 Å². The van der Waals surface area contributed by atoms with E-state index in [0.29, 0.717) is 4.95 Å². The highest BCUT2D eigenvalue weighted by Gasteiger charge is 2.06. The van der Waals surface area contributed by atoms with E-state index in [1.54, 1.807) is 0 Å². The second-order valence-corrected chi connectivity index (χ2v) is 3.02. The molecule has 0 amide bonds. The SMILES string of the molecule is BrC1CCCCN1. The van der Waals surface area contributed by atoms with Crippen molar-refractivity contribution >= 4 is 15.9 Å². The van der Waals surface area contributed by atoms with E-state index in [-0.39, 0.29) is 0 Å². The highest BCUT2D eigenvalue weighted by Crippen LogP contribution is 2.10. The Balaban J connectivity index is 2.12. The molecule has 1 aliphatic heterocycles. The molecule has 0 aromatic carbocycles. The van der Waals surface area contributed by atoms with E-state index in [2.05, 4.69) is 21.2 Å². The van der Waals surface area contributed by atoms with E-state index in [4.69, 9.17) is 0 Å². The highest BCUT2D eigenvalue weighted by atomic mass is 79.9. The van der Waals surface area contributed by atoms with Crippen molar-refractivity contribution in [3.63, 3.8) is 0 Å². The molecular formula is C5H10BrN. The molecule has 1 fully saturated rings. The normalized spacial score (nSPS) is 33.0. The van der Waals surface area contributed by atoms with Gasteiger partial charge in [-0.3, -0.25) is 0 Å². The standard InChI is InChI=1S/C5H10BrN/c6-5-3-1-2-4-7-5/h5,7H,1-4H2. The van der Waals surface area contributed by atoms with Crippen molar-refractivity contribution in [2.24, 2.45) is 0 Å². The summed E-state index contributed by atoms with van der Waals surface area (Å²) in [7, 11) is 0. The maximum absolute atomic E-state index is 3.48. The van der Waals surface area contributed by atoms with Crippen LogP contribution >= 0.6 is 15.9 Å². The van der Waals surface area contributed by atoms with Gasteiger partial charge in [-0.2, -0.15) is 0 Å². The maximum atomic E-state index is 3.48. The summed E-state index contributed by atoms with van der Waals surface area (Å²) >= 11 is 3.48. The minimum atomic E-state index is 0.598. The molecule has 1 aliphatic rings. The van der Waals surface area contributed by atoms with Gasteiger partial charge >= 0.3 is 0 Å². The molecule has 42 valence electrons. The van der Waals surface area contributed by atoms with Crippen LogP contribution in [0.15, 0.2) is 0 Å². The lowest BCUT2D eigenvalue weighted by Crippen LogP contribution is -2.28. The zero-order valence-corrected chi connectivity index (χ0v) is 5.87. The minimum Gasteiger partial charge on any atom is -0.305 e. The quantitative estimate of drug-likeness (QED) is 0.422. The fourth-order valence-corrected chi connectivity index (χ4v) is 1.36. The van der Waals surface area contributed by atoms with Gasteiger partial charge in [-0.05, 0) is 25.8 Å². The van der Waals surface area contributed by atoms with Gasteiger partial charge in [0.15, 0.2) is 0 Å². The Bertz CT molecular complexity index is 50.0. The molecule has 0 aromatic rings. The van der Waals surface area contributed by atoms with Crippen molar-refractivity contribution in [1.29, 1.82) is 0 Å². The van der Waals surface area contributed by atoms with E-state index < -0.39 is 0 Å². The summed E-state index contributed by atoms with van der Waals surface area (Å²) in [5, 5.41) is 3.30. The second-order valence-electron chi connectivity index (χ2n) is 1.92. The first kappa shape index (κ1) is 5.57. The first-order valence-electron chi connectivity index (χ1n) is 2.77. The molecule has 1 N–H and O–H groups in total. The average molecular weight is 164 g/mol. The predicted octanol–water partition coefficient (Wildman–Crippen LogP) is 1.48. The van der Waals surface area contributed by atoms with Gasteiger partial charge in [0.1, 0.15) is 0 Å². The number of halogens is 1. The fourth-order valence-electron chi connectivity index (χ4n) is 0.809. The molecule has 2 heteroatoms. The summed E-state index contributed by atoms with van der Waals surface area (Å²) in [4.78, 5) is 0.598. The largest absolute Gasteiger partial charge is 0.305 e. The van der Waals surface area contributed by atoms with Crippen molar-refractivity contribution in [2.45, 2.75) is 24.2 Å². The van der Waals surface area contributed by atoms with Crippen molar-refractivity contribution in [3.05, 3.63) is 0 Å². The van der Waals surface area contributed by atoms with Gasteiger partial charge in [-0.15, -0.1) is 0 Å². The predicted molar refractivity (Wildman–Crippen MR) is 34.6 cm³/mol. The van der Waals surface area contributed by atoms with E-state index in [9.17, 15) is 0 Å². The van der Waals surface area contributed by atoms with Crippen LogP contribution in [0.5, 0.6) is 0 Å². The van der Waals surface area contributed by atoms with Crippen molar-refractivity contribution < 1.29 is 0 Å². The zero-order chi connectivity index (χ0) is 5.11. The van der Waals surface area contributed by atoms with Crippen LogP contribution < -0.4 is 5.32 Å². The number of hydrogen-bond acceptors (Lipinski definition) is 1. The highest BCUT2D eigenvalue weighted by molar-refractivity contribution is 9.09. The second kappa shape index (κ2) is 2.68. The molecule has 1 atom stereocenters. The molecule has 1 heterocycles. The Morgan fingerprint density at radius 2 is 2.29 bits per heavy atom. The fraction of sp³-hybridized carbons (Fsp3) is 1.00. The van der Waals surface area contributed by atoms with Crippen LogP contribution in [0.4, 0.5) is 0 Å². The lowest BCUT2D eigenvalue weighted by atomic mass is 10.2. The lowest BCUT2D eigenvalue weighted by Gasteiger charge is -2.16. The van der Waals surface area contributed by atoms with Crippen LogP contribution in [-0.4, -0.2) is 11.5 Å². The molecule has 1 rings (SSSR count). The third-order valence-corrected chi connectivity index (χ3v) is 2.03. The van der Waals surface area contributed by atoms with Crippen molar-refractivity contribution in [2.75, 3.05) is 6.54 Å². The van der Waals surface area contributed by atoms with Gasteiger partial charge in [0.25, 0.3) is 0 Å². The Labute approximate surface area is 52.6 Å². The summed E-state index contributed by atoms with van der Waals surface area (Å²) in [5.74, 6) is 0. The maximum Gasteiger partial charge on any atom is 0.0630 e. The van der Waals surface area contributed by atoms with Crippen molar-refractivity contribution in [3.8, 4) is 0 Å². The molecular weight excluding hydrogens is 154 g/mol.